The number of carbonyl (C=O) groups is 5. The van der Waals surface area contributed by atoms with Crippen molar-refractivity contribution in [2.45, 2.75) is 182 Å². The van der Waals surface area contributed by atoms with Gasteiger partial charge in [0, 0.05) is 148 Å². The number of likely N-dealkylation sites (tertiary alicyclic amines) is 3. The van der Waals surface area contributed by atoms with Gasteiger partial charge in [-0.1, -0.05) is 154 Å². The molecule has 9 rings (SSSR count). The van der Waals surface area contributed by atoms with Crippen molar-refractivity contribution < 1.29 is 46.3 Å². The van der Waals surface area contributed by atoms with E-state index in [2.05, 4.69) is 62.7 Å². The monoisotopic (exact) mass is 1560 g/mol. The number of carbonyl (C=O) groups excluding carboxylic acids is 5. The second kappa shape index (κ2) is 45.9. The standard InChI is InChI=1S/C20H31FN2O2.C19H28ClFN2O.2C16H23ClN2O.C15H21F2NO/c1-14(2)20(24)17(15-6-7-19(25-5)18(21)12-15)13-23-10-8-16(9-11-23)22(3)4;1-13(2)19(24)16(15-5-6-17(20)18(21)11-15)12-22-7-9-23(10-8-22)14(3)4;2*1-11(2)16(20)15(10-19-8-7-14(18)9-19)12-3-5-13(17)6-4-12;1-9(2)15(19)14(8-18-10(3)4)11-5-12(16)7-13(17)6-11/h6-7,12,14,16-17H,8-11,13H2,1-5H3;5-6,11,13-14,16H,7-10,12H2,1-4H3;2*3-6,11,14-15H,7-10,18H2,1-2H3;5-7,9-10,14,18H,8H2,1-4H3/t17-;16-;14-,15+;14-,15-;14-/m11111/s1. The van der Waals surface area contributed by atoms with E-state index in [0.717, 1.165) is 133 Å². The van der Waals surface area contributed by atoms with Gasteiger partial charge in [0.05, 0.1) is 41.7 Å². The third-order valence-corrected chi connectivity index (χ3v) is 21.7. The van der Waals surface area contributed by atoms with E-state index in [9.17, 15) is 41.5 Å². The number of hydrogen-bond donors (Lipinski definition) is 3. The summed E-state index contributed by atoms with van der Waals surface area (Å²) in [6.45, 7) is 40.2. The van der Waals surface area contributed by atoms with Crippen LogP contribution >= 0.6 is 34.8 Å². The average Bonchev–Trinajstić information content (AvgIpc) is 1.05. The molecule has 4 aliphatic rings. The Balaban J connectivity index is 0.000000243. The van der Waals surface area contributed by atoms with Crippen LogP contribution in [0.15, 0.2) is 103 Å². The summed E-state index contributed by atoms with van der Waals surface area (Å²) in [5.41, 5.74) is 15.9. The van der Waals surface area contributed by atoms with Crippen molar-refractivity contribution in [3.8, 4) is 5.75 Å². The number of methoxy groups -OCH3 is 1. The highest BCUT2D eigenvalue weighted by Gasteiger charge is 2.34. The van der Waals surface area contributed by atoms with E-state index < -0.39 is 29.2 Å². The Kier molecular flexibility index (Phi) is 39.5. The Morgan fingerprint density at radius 1 is 0.444 bits per heavy atom. The predicted molar refractivity (Wildman–Crippen MR) is 434 cm³/mol. The van der Waals surface area contributed by atoms with Crippen molar-refractivity contribution in [2.75, 3.05) is 119 Å². The van der Waals surface area contributed by atoms with Crippen LogP contribution in [-0.4, -0.2) is 208 Å². The van der Waals surface area contributed by atoms with Crippen molar-refractivity contribution in [3.63, 3.8) is 0 Å². The zero-order valence-corrected chi connectivity index (χ0v) is 69.6. The maximum Gasteiger partial charge on any atom is 0.165 e. The zero-order chi connectivity index (χ0) is 80.4. The molecule has 0 radical (unpaired) electrons. The summed E-state index contributed by atoms with van der Waals surface area (Å²) >= 11 is 17.7. The fourth-order valence-electron chi connectivity index (χ4n) is 14.2. The van der Waals surface area contributed by atoms with Crippen molar-refractivity contribution in [1.82, 2.24) is 34.7 Å². The number of halogens is 7. The molecule has 5 aromatic carbocycles. The highest BCUT2D eigenvalue weighted by molar-refractivity contribution is 6.31. The van der Waals surface area contributed by atoms with Gasteiger partial charge in [-0.15, -0.1) is 0 Å². The minimum absolute atomic E-state index is 0.0156. The van der Waals surface area contributed by atoms with Crippen LogP contribution in [0.25, 0.3) is 0 Å². The summed E-state index contributed by atoms with van der Waals surface area (Å²) in [7, 11) is 5.68. The Morgan fingerprint density at radius 2 is 0.796 bits per heavy atom. The van der Waals surface area contributed by atoms with Gasteiger partial charge in [0.15, 0.2) is 11.6 Å². The first-order chi connectivity index (χ1) is 50.9. The molecule has 0 aliphatic carbocycles. The van der Waals surface area contributed by atoms with E-state index in [4.69, 9.17) is 51.0 Å². The van der Waals surface area contributed by atoms with Gasteiger partial charge in [-0.3, -0.25) is 33.8 Å². The second-order valence-corrected chi connectivity index (χ2v) is 33.3. The van der Waals surface area contributed by atoms with Gasteiger partial charge in [-0.05, 0) is 168 Å². The van der Waals surface area contributed by atoms with Gasteiger partial charge in [0.2, 0.25) is 0 Å². The normalized spacial score (nSPS) is 18.4. The number of ketones is 5. The molecule has 600 valence electrons. The first-order valence-corrected chi connectivity index (χ1v) is 40.0. The summed E-state index contributed by atoms with van der Waals surface area (Å²) in [6.07, 6.45) is 4.24. The first kappa shape index (κ1) is 93.1. The Hall–Kier alpha value is -5.52. The maximum absolute atomic E-state index is 14.1. The molecule has 5 N–H and O–H groups in total. The fraction of sp³-hybridized carbons (Fsp3) is 0.593. The van der Waals surface area contributed by atoms with Crippen LogP contribution in [0.4, 0.5) is 17.6 Å². The molecule has 5 aromatic rings. The summed E-state index contributed by atoms with van der Waals surface area (Å²) in [6, 6.07) is 30.0. The van der Waals surface area contributed by atoms with E-state index in [1.54, 1.807) is 32.0 Å². The fourth-order valence-corrected chi connectivity index (χ4v) is 14.5. The molecule has 4 aliphatic heterocycles. The second-order valence-electron chi connectivity index (χ2n) is 32.0. The molecule has 15 nitrogen and oxygen atoms in total. The van der Waals surface area contributed by atoms with E-state index in [-0.39, 0.29) is 111 Å². The smallest absolute Gasteiger partial charge is 0.165 e. The van der Waals surface area contributed by atoms with Gasteiger partial charge in [-0.2, -0.15) is 0 Å². The van der Waals surface area contributed by atoms with Gasteiger partial charge in [-0.25, -0.2) is 17.6 Å². The third-order valence-electron chi connectivity index (χ3n) is 20.9. The molecule has 4 saturated heterocycles. The van der Waals surface area contributed by atoms with Gasteiger partial charge < -0.3 is 41.1 Å². The Morgan fingerprint density at radius 3 is 1.14 bits per heavy atom. The summed E-state index contributed by atoms with van der Waals surface area (Å²) in [5.74, 6) is -2.63. The number of hydrogen-bond acceptors (Lipinski definition) is 15. The minimum atomic E-state index is -0.652. The molecule has 4 fully saturated rings. The molecule has 22 heteroatoms. The van der Waals surface area contributed by atoms with Gasteiger partial charge in [0.1, 0.15) is 46.4 Å². The molecule has 0 unspecified atom stereocenters. The lowest BCUT2D eigenvalue weighted by molar-refractivity contribution is -0.124. The highest BCUT2D eigenvalue weighted by atomic mass is 35.5. The summed E-state index contributed by atoms with van der Waals surface area (Å²) in [5, 5.41) is 4.65. The van der Waals surface area contributed by atoms with Crippen LogP contribution in [0.5, 0.6) is 5.75 Å². The zero-order valence-electron chi connectivity index (χ0n) is 67.3. The van der Waals surface area contributed by atoms with E-state index in [0.29, 0.717) is 47.3 Å². The Labute approximate surface area is 658 Å². The molecule has 108 heavy (non-hydrogen) atoms. The van der Waals surface area contributed by atoms with Gasteiger partial charge in [0.25, 0.3) is 0 Å². The topological polar surface area (TPSA) is 178 Å². The van der Waals surface area contributed by atoms with E-state index in [1.807, 2.05) is 124 Å². The summed E-state index contributed by atoms with van der Waals surface area (Å²) < 4.78 is 59.6. The van der Waals surface area contributed by atoms with Crippen molar-refractivity contribution in [2.24, 2.45) is 41.1 Å². The van der Waals surface area contributed by atoms with Crippen LogP contribution in [0, 0.1) is 52.9 Å². The SMILES string of the molecule is CC(C)C(=O)[C@@H](CN1CC[C@@H](N)C1)c1ccc(Cl)cc1.CC(C)C(=O)[C@H](CN1CCN(C(C)C)CC1)c1ccc(Cl)c(F)c1.CC(C)C(=O)[C@H](CN1CC[C@@H](N)C1)c1ccc(Cl)cc1.CC(C)NC[C@@H](C(=O)C(C)C)c1cc(F)cc(F)c1.COc1ccc([C@@H](CN2CCC(N(C)C)CC2)C(=O)C(C)C)cc1F. The molecule has 0 spiro atoms. The lowest BCUT2D eigenvalue weighted by Crippen LogP contribution is -2.50. The number of nitrogens with zero attached hydrogens (tertiary/aromatic N) is 6. The van der Waals surface area contributed by atoms with Gasteiger partial charge >= 0.3 is 0 Å². The number of piperidine rings is 1. The van der Waals surface area contributed by atoms with Crippen molar-refractivity contribution in [3.05, 3.63) is 169 Å². The van der Waals surface area contributed by atoms with Crippen LogP contribution in [0.3, 0.4) is 0 Å². The number of Topliss-reactive ketones (excluding diaryl/α,β-unsaturated/α-hetero) is 5. The number of ether oxygens (including phenoxy) is 1. The number of nitrogens with two attached hydrogens (primary N) is 2. The molecule has 0 saturated carbocycles. The average molecular weight is 1560 g/mol. The van der Waals surface area contributed by atoms with Crippen LogP contribution in [0.2, 0.25) is 15.1 Å². The molecular weight excluding hydrogens is 1440 g/mol. The molecule has 7 atom stereocenters. The number of rotatable bonds is 29. The Bertz CT molecular complexity index is 3480. The molecule has 4 heterocycles. The predicted octanol–water partition coefficient (Wildman–Crippen LogP) is 15.6. The first-order valence-electron chi connectivity index (χ1n) is 38.9. The molecule has 0 aromatic heterocycles. The van der Waals surface area contributed by atoms with Crippen LogP contribution in [-0.2, 0) is 24.0 Å². The maximum atomic E-state index is 14.1. The highest BCUT2D eigenvalue weighted by Crippen LogP contribution is 2.32. The quantitative estimate of drug-likeness (QED) is 0.0385. The van der Waals surface area contributed by atoms with E-state index in [1.165, 1.54) is 31.4 Å². The van der Waals surface area contributed by atoms with Crippen LogP contribution < -0.4 is 21.5 Å². The lowest BCUT2D eigenvalue weighted by atomic mass is 9.87. The van der Waals surface area contributed by atoms with Crippen molar-refractivity contribution >= 4 is 63.7 Å². The number of benzene rings is 5. The number of nitrogens with one attached hydrogen (secondary N) is 1. The minimum Gasteiger partial charge on any atom is -0.494 e. The van der Waals surface area contributed by atoms with E-state index >= 15 is 0 Å². The summed E-state index contributed by atoms with van der Waals surface area (Å²) in [4.78, 5) is 76.6. The largest absolute Gasteiger partial charge is 0.494 e. The third kappa shape index (κ3) is 30.2. The number of piperazine rings is 1. The lowest BCUT2D eigenvalue weighted by Gasteiger charge is -2.38. The molecular formula is C86H126Cl3F4N9O6. The van der Waals surface area contributed by atoms with Crippen LogP contribution in [0.1, 0.15) is 180 Å². The molecule has 0 amide bonds. The molecule has 0 bridgehead atoms. The van der Waals surface area contributed by atoms with Crippen molar-refractivity contribution in [1.29, 1.82) is 0 Å².